The zero-order chi connectivity index (χ0) is 15.0. The van der Waals surface area contributed by atoms with Crippen molar-refractivity contribution in [3.05, 3.63) is 59.9 Å². The van der Waals surface area contributed by atoms with Crippen molar-refractivity contribution in [2.24, 2.45) is 5.73 Å². The first-order chi connectivity index (χ1) is 10.1. The van der Waals surface area contributed by atoms with Gasteiger partial charge in [-0.15, -0.1) is 0 Å². The summed E-state index contributed by atoms with van der Waals surface area (Å²) >= 11 is 0. The summed E-state index contributed by atoms with van der Waals surface area (Å²) in [5.74, 6) is 0.144. The van der Waals surface area contributed by atoms with E-state index < -0.39 is 6.04 Å². The molecule has 21 heavy (non-hydrogen) atoms. The van der Waals surface area contributed by atoms with Crippen molar-refractivity contribution in [2.75, 3.05) is 12.0 Å². The van der Waals surface area contributed by atoms with Gasteiger partial charge in [0.05, 0.1) is 13.2 Å². The summed E-state index contributed by atoms with van der Waals surface area (Å²) in [7, 11) is 1.59. The van der Waals surface area contributed by atoms with Crippen LogP contribution in [0, 0.1) is 5.82 Å². The third-order valence-electron chi connectivity index (χ3n) is 3.68. The lowest BCUT2D eigenvalue weighted by molar-refractivity contribution is -0.126. The van der Waals surface area contributed by atoms with E-state index in [-0.39, 0.29) is 17.8 Å². The zero-order valence-corrected chi connectivity index (χ0v) is 11.5. The van der Waals surface area contributed by atoms with E-state index in [0.717, 1.165) is 11.3 Å². The first kappa shape index (κ1) is 13.6. The van der Waals surface area contributed by atoms with Gasteiger partial charge in [-0.3, -0.25) is 4.79 Å². The molecule has 1 aliphatic rings. The maximum atomic E-state index is 13.4. The van der Waals surface area contributed by atoms with E-state index in [1.54, 1.807) is 19.2 Å². The number of methoxy groups -OCH3 is 1. The van der Waals surface area contributed by atoms with Crippen LogP contribution in [0.25, 0.3) is 0 Å². The molecule has 0 aliphatic carbocycles. The fourth-order valence-corrected chi connectivity index (χ4v) is 2.58. The molecule has 5 heteroatoms. The van der Waals surface area contributed by atoms with Crippen LogP contribution >= 0.6 is 0 Å². The van der Waals surface area contributed by atoms with E-state index in [9.17, 15) is 9.18 Å². The van der Waals surface area contributed by atoms with Gasteiger partial charge in [0.1, 0.15) is 17.6 Å². The number of carbonyl (C=O) groups excluding carboxylic acids is 1. The van der Waals surface area contributed by atoms with Gasteiger partial charge in [-0.2, -0.15) is 0 Å². The second-order valence-corrected chi connectivity index (χ2v) is 4.93. The summed E-state index contributed by atoms with van der Waals surface area (Å²) in [6, 6.07) is 12.4. The highest BCUT2D eigenvalue weighted by Crippen LogP contribution is 2.38. The molecule has 0 saturated carbocycles. The Morgan fingerprint density at radius 2 is 1.90 bits per heavy atom. The molecule has 2 aromatic rings. The van der Waals surface area contributed by atoms with E-state index >= 15 is 0 Å². The maximum absolute atomic E-state index is 13.4. The van der Waals surface area contributed by atoms with Crippen LogP contribution in [0.4, 0.5) is 10.1 Å². The normalized spacial score (nSPS) is 21.1. The summed E-state index contributed by atoms with van der Waals surface area (Å²) in [6.07, 6.45) is 0. The molecule has 3 rings (SSSR count). The highest BCUT2D eigenvalue weighted by Gasteiger charge is 2.46. The summed E-state index contributed by atoms with van der Waals surface area (Å²) in [5.41, 5.74) is 7.33. The van der Waals surface area contributed by atoms with Crippen LogP contribution in [0.5, 0.6) is 5.75 Å². The summed E-state index contributed by atoms with van der Waals surface area (Å²) in [5, 5.41) is 0. The minimum atomic E-state index is -0.610. The van der Waals surface area contributed by atoms with Gasteiger partial charge in [0.15, 0.2) is 0 Å². The molecule has 0 bridgehead atoms. The van der Waals surface area contributed by atoms with E-state index in [1.807, 2.05) is 24.3 Å². The third kappa shape index (κ3) is 2.25. The number of amides is 1. The lowest BCUT2D eigenvalue weighted by atomic mass is 9.88. The van der Waals surface area contributed by atoms with Gasteiger partial charge in [-0.1, -0.05) is 18.2 Å². The average Bonchev–Trinajstić information content (AvgIpc) is 2.51. The molecule has 1 heterocycles. The highest BCUT2D eigenvalue weighted by molar-refractivity contribution is 6.05. The lowest BCUT2D eigenvalue weighted by Crippen LogP contribution is -2.63. The molecule has 0 spiro atoms. The number of carbonyl (C=O) groups is 1. The van der Waals surface area contributed by atoms with Gasteiger partial charge < -0.3 is 15.4 Å². The number of benzene rings is 2. The predicted octanol–water partition coefficient (Wildman–Crippen LogP) is 2.25. The fourth-order valence-electron chi connectivity index (χ4n) is 2.58. The minimum absolute atomic E-state index is 0.207. The average molecular weight is 286 g/mol. The molecule has 2 aromatic carbocycles. The number of hydrogen-bond acceptors (Lipinski definition) is 3. The fraction of sp³-hybridized carbons (Fsp3) is 0.188. The Balaban J connectivity index is 1.94. The largest absolute Gasteiger partial charge is 0.497 e. The molecule has 1 aliphatic heterocycles. The van der Waals surface area contributed by atoms with E-state index in [2.05, 4.69) is 0 Å². The quantitative estimate of drug-likeness (QED) is 0.880. The van der Waals surface area contributed by atoms with Crippen molar-refractivity contribution < 1.29 is 13.9 Å². The molecule has 0 radical (unpaired) electrons. The van der Waals surface area contributed by atoms with Gasteiger partial charge in [0.25, 0.3) is 0 Å². The SMILES string of the molecule is COc1ccc([C@H]2[C@@H](N)C(=O)N2c2cccc(F)c2)cc1. The molecule has 2 N–H and O–H groups in total. The van der Waals surface area contributed by atoms with Gasteiger partial charge in [-0.05, 0) is 35.9 Å². The predicted molar refractivity (Wildman–Crippen MR) is 77.6 cm³/mol. The van der Waals surface area contributed by atoms with E-state index in [4.69, 9.17) is 10.5 Å². The summed E-state index contributed by atoms with van der Waals surface area (Å²) in [4.78, 5) is 13.6. The van der Waals surface area contributed by atoms with Gasteiger partial charge >= 0.3 is 0 Å². The number of nitrogens with zero attached hydrogens (tertiary/aromatic N) is 1. The number of halogens is 1. The van der Waals surface area contributed by atoms with Crippen molar-refractivity contribution in [1.82, 2.24) is 0 Å². The molecule has 1 saturated heterocycles. The Labute approximate surface area is 121 Å². The summed E-state index contributed by atoms with van der Waals surface area (Å²) in [6.45, 7) is 0. The topological polar surface area (TPSA) is 55.6 Å². The number of hydrogen-bond donors (Lipinski definition) is 1. The lowest BCUT2D eigenvalue weighted by Gasteiger charge is -2.45. The Hall–Kier alpha value is -2.40. The molecular formula is C16H15FN2O2. The number of β-lactam (4-membered cyclic amide) rings is 1. The number of nitrogens with two attached hydrogens (primary N) is 1. The first-order valence-electron chi connectivity index (χ1n) is 6.60. The monoisotopic (exact) mass is 286 g/mol. The van der Waals surface area contributed by atoms with Crippen LogP contribution < -0.4 is 15.4 Å². The molecule has 0 aromatic heterocycles. The standard InChI is InChI=1S/C16H15FN2O2/c1-21-13-7-5-10(6-8-13)15-14(18)16(20)19(15)12-4-2-3-11(17)9-12/h2-9,14-15H,18H2,1H3/t14-,15+/m1/s1. The Kier molecular flexibility index (Phi) is 3.35. The van der Waals surface area contributed by atoms with Crippen molar-refractivity contribution in [3.8, 4) is 5.75 Å². The third-order valence-corrected chi connectivity index (χ3v) is 3.68. The van der Waals surface area contributed by atoms with Crippen LogP contribution in [-0.4, -0.2) is 19.1 Å². The number of ether oxygens (including phenoxy) is 1. The summed E-state index contributed by atoms with van der Waals surface area (Å²) < 4.78 is 18.5. The Bertz CT molecular complexity index is 672. The van der Waals surface area contributed by atoms with E-state index in [0.29, 0.717) is 5.69 Å². The van der Waals surface area contributed by atoms with Crippen LogP contribution in [0.3, 0.4) is 0 Å². The van der Waals surface area contributed by atoms with Gasteiger partial charge in [-0.25, -0.2) is 4.39 Å². The van der Waals surface area contributed by atoms with Crippen molar-refractivity contribution in [1.29, 1.82) is 0 Å². The van der Waals surface area contributed by atoms with Crippen LogP contribution in [-0.2, 0) is 4.79 Å². The van der Waals surface area contributed by atoms with E-state index in [1.165, 1.54) is 17.0 Å². The van der Waals surface area contributed by atoms with Crippen molar-refractivity contribution in [2.45, 2.75) is 12.1 Å². The first-order valence-corrected chi connectivity index (χ1v) is 6.60. The second kappa shape index (κ2) is 5.18. The molecule has 1 fully saturated rings. The highest BCUT2D eigenvalue weighted by atomic mass is 19.1. The molecular weight excluding hydrogens is 271 g/mol. The molecule has 0 unspecified atom stereocenters. The van der Waals surface area contributed by atoms with Crippen molar-refractivity contribution in [3.63, 3.8) is 0 Å². The number of rotatable bonds is 3. The maximum Gasteiger partial charge on any atom is 0.247 e. The van der Waals surface area contributed by atoms with Crippen LogP contribution in [0.2, 0.25) is 0 Å². The van der Waals surface area contributed by atoms with Gasteiger partial charge in [0.2, 0.25) is 5.91 Å². The number of anilines is 1. The molecule has 2 atom stereocenters. The zero-order valence-electron chi connectivity index (χ0n) is 11.5. The Morgan fingerprint density at radius 3 is 2.52 bits per heavy atom. The second-order valence-electron chi connectivity index (χ2n) is 4.93. The minimum Gasteiger partial charge on any atom is -0.497 e. The van der Waals surface area contributed by atoms with Crippen LogP contribution in [0.1, 0.15) is 11.6 Å². The molecule has 1 amide bonds. The molecule has 108 valence electrons. The molecule has 4 nitrogen and oxygen atoms in total. The smallest absolute Gasteiger partial charge is 0.247 e. The van der Waals surface area contributed by atoms with Crippen molar-refractivity contribution >= 4 is 11.6 Å². The van der Waals surface area contributed by atoms with Gasteiger partial charge in [0, 0.05) is 5.69 Å². The van der Waals surface area contributed by atoms with Crippen LogP contribution in [0.15, 0.2) is 48.5 Å². The Morgan fingerprint density at radius 1 is 1.19 bits per heavy atom.